The fourth-order valence-electron chi connectivity index (χ4n) is 0.666. The van der Waals surface area contributed by atoms with Crippen LogP contribution in [0.25, 0.3) is 0 Å². The molecular formula is C12H16OSe. The number of aliphatic hydroxyl groups excluding tert-OH is 1. The normalized spacial score (nSPS) is 10.3. The van der Waals surface area contributed by atoms with E-state index in [-0.39, 0.29) is 6.10 Å². The molecule has 0 saturated heterocycles. The minimum absolute atomic E-state index is 0.144. The summed E-state index contributed by atoms with van der Waals surface area (Å²) >= 11 is 2.32. The summed E-state index contributed by atoms with van der Waals surface area (Å²) < 4.78 is 0. The van der Waals surface area contributed by atoms with Crippen LogP contribution < -0.4 is 0 Å². The third-order valence-corrected chi connectivity index (χ3v) is 2.42. The van der Waals surface area contributed by atoms with Crippen LogP contribution in [0.1, 0.15) is 19.4 Å². The molecule has 1 atom stereocenters. The van der Waals surface area contributed by atoms with Gasteiger partial charge in [0.15, 0.2) is 0 Å². The van der Waals surface area contributed by atoms with E-state index in [0.717, 1.165) is 10.9 Å². The molecule has 0 amide bonds. The van der Waals surface area contributed by atoms with Crippen molar-refractivity contribution in [1.82, 2.24) is 0 Å². The molecule has 2 heteroatoms. The molecule has 1 nitrogen and oxygen atoms in total. The Morgan fingerprint density at radius 2 is 1.86 bits per heavy atom. The van der Waals surface area contributed by atoms with Gasteiger partial charge in [0.2, 0.25) is 0 Å². The Morgan fingerprint density at radius 1 is 1.36 bits per heavy atom. The molecule has 0 heterocycles. The van der Waals surface area contributed by atoms with E-state index in [2.05, 4.69) is 27.9 Å². The summed E-state index contributed by atoms with van der Waals surface area (Å²) in [5.74, 6) is 5.79. The van der Waals surface area contributed by atoms with E-state index in [1.165, 1.54) is 0 Å². The Balaban J connectivity index is 0.000000292. The molecule has 1 rings (SSSR count). The van der Waals surface area contributed by atoms with Crippen LogP contribution in [0.2, 0.25) is 5.32 Å². The van der Waals surface area contributed by atoms with E-state index in [1.54, 1.807) is 6.92 Å². The summed E-state index contributed by atoms with van der Waals surface area (Å²) in [5.41, 5.74) is 1.08. The van der Waals surface area contributed by atoms with Crippen molar-refractivity contribution in [2.45, 2.75) is 25.3 Å². The van der Waals surface area contributed by atoms with Crippen LogP contribution in [0, 0.1) is 11.8 Å². The summed E-state index contributed by atoms with van der Waals surface area (Å²) in [6, 6.07) is 9.95. The number of aliphatic hydroxyl groups is 1. The van der Waals surface area contributed by atoms with Gasteiger partial charge >= 0.3 is 39.5 Å². The van der Waals surface area contributed by atoms with Gasteiger partial charge in [0.1, 0.15) is 0 Å². The average molecular weight is 255 g/mol. The Hall–Kier alpha value is -0.741. The summed E-state index contributed by atoms with van der Waals surface area (Å²) in [6.45, 7) is 3.60. The summed E-state index contributed by atoms with van der Waals surface area (Å²) in [7, 11) is 0. The zero-order valence-electron chi connectivity index (χ0n) is 8.57. The molecule has 0 aliphatic heterocycles. The topological polar surface area (TPSA) is 20.2 Å². The van der Waals surface area contributed by atoms with Crippen molar-refractivity contribution >= 4 is 16.0 Å². The molecule has 0 aliphatic rings. The molecule has 14 heavy (non-hydrogen) atoms. The number of rotatable bonds is 1. The Morgan fingerprint density at radius 3 is 2.21 bits per heavy atom. The van der Waals surface area contributed by atoms with Crippen LogP contribution in [0.5, 0.6) is 0 Å². The second kappa shape index (κ2) is 8.84. The average Bonchev–Trinajstić information content (AvgIpc) is 2.21. The summed E-state index contributed by atoms with van der Waals surface area (Å²) in [4.78, 5) is 0. The van der Waals surface area contributed by atoms with E-state index in [9.17, 15) is 0 Å². The fourth-order valence-corrected chi connectivity index (χ4v) is 0.666. The summed E-state index contributed by atoms with van der Waals surface area (Å²) in [5, 5.41) is 9.14. The Kier molecular flexibility index (Phi) is 8.37. The number of hydrogen-bond donors (Lipinski definition) is 1. The van der Waals surface area contributed by atoms with Gasteiger partial charge in [0.05, 0.1) is 0 Å². The van der Waals surface area contributed by atoms with E-state index >= 15 is 0 Å². The van der Waals surface area contributed by atoms with Gasteiger partial charge in [-0.3, -0.25) is 0 Å². The molecule has 0 fully saturated rings. The van der Waals surface area contributed by atoms with Crippen LogP contribution in [0.3, 0.4) is 0 Å². The first-order valence-corrected chi connectivity index (χ1v) is 5.80. The van der Waals surface area contributed by atoms with Crippen molar-refractivity contribution in [3.05, 3.63) is 35.9 Å². The third kappa shape index (κ3) is 7.89. The van der Waals surface area contributed by atoms with Crippen LogP contribution in [-0.4, -0.2) is 27.2 Å². The predicted octanol–water partition coefficient (Wildman–Crippen LogP) is 1.74. The third-order valence-electron chi connectivity index (χ3n) is 1.31. The van der Waals surface area contributed by atoms with Crippen molar-refractivity contribution in [2.75, 3.05) is 0 Å². The van der Waals surface area contributed by atoms with Crippen LogP contribution in [0.15, 0.2) is 30.3 Å². The second-order valence-electron chi connectivity index (χ2n) is 2.77. The molecule has 1 unspecified atom stereocenters. The quantitative estimate of drug-likeness (QED) is 0.598. The monoisotopic (exact) mass is 256 g/mol. The van der Waals surface area contributed by atoms with E-state index in [1.807, 2.05) is 37.3 Å². The van der Waals surface area contributed by atoms with E-state index in [4.69, 9.17) is 5.11 Å². The van der Waals surface area contributed by atoms with Crippen molar-refractivity contribution in [3.8, 4) is 11.8 Å². The molecular weight excluding hydrogens is 239 g/mol. The first-order valence-electron chi connectivity index (χ1n) is 4.47. The van der Waals surface area contributed by atoms with Gasteiger partial charge in [-0.05, 0) is 19.1 Å². The van der Waals surface area contributed by atoms with Crippen molar-refractivity contribution < 1.29 is 5.11 Å². The molecule has 1 N–H and O–H groups in total. The van der Waals surface area contributed by atoms with Crippen molar-refractivity contribution in [2.24, 2.45) is 0 Å². The zero-order valence-corrected chi connectivity index (χ0v) is 10.4. The predicted molar refractivity (Wildman–Crippen MR) is 62.6 cm³/mol. The molecule has 76 valence electrons. The van der Waals surface area contributed by atoms with Crippen molar-refractivity contribution in [1.29, 1.82) is 0 Å². The Labute approximate surface area is 94.4 Å². The second-order valence-corrected chi connectivity index (χ2v) is 3.54. The number of hydrogen-bond acceptors (Lipinski definition) is 1. The molecule has 0 aromatic heterocycles. The SMILES string of the molecule is CC#Cc1ccccc1.CC(O)C[SeH]. The molecule has 0 aliphatic carbocycles. The molecule has 0 spiro atoms. The van der Waals surface area contributed by atoms with Gasteiger partial charge < -0.3 is 0 Å². The van der Waals surface area contributed by atoms with E-state index in [0.29, 0.717) is 0 Å². The van der Waals surface area contributed by atoms with Crippen LogP contribution >= 0.6 is 0 Å². The molecule has 0 saturated carbocycles. The Bertz CT molecular complexity index is 282. The first-order chi connectivity index (χ1) is 6.70. The van der Waals surface area contributed by atoms with Crippen LogP contribution in [-0.2, 0) is 0 Å². The minimum atomic E-state index is -0.144. The molecule has 1 aromatic carbocycles. The van der Waals surface area contributed by atoms with Gasteiger partial charge in [-0.1, -0.05) is 24.1 Å². The van der Waals surface area contributed by atoms with Gasteiger partial charge in [0.25, 0.3) is 0 Å². The van der Waals surface area contributed by atoms with Crippen LogP contribution in [0.4, 0.5) is 0 Å². The zero-order chi connectivity index (χ0) is 10.8. The molecule has 1 aromatic rings. The summed E-state index contributed by atoms with van der Waals surface area (Å²) in [6.07, 6.45) is -0.144. The molecule has 0 radical (unpaired) electrons. The van der Waals surface area contributed by atoms with Gasteiger partial charge in [-0.25, -0.2) is 0 Å². The fraction of sp³-hybridized carbons (Fsp3) is 0.333. The molecule has 0 bridgehead atoms. The van der Waals surface area contributed by atoms with Crippen molar-refractivity contribution in [3.63, 3.8) is 0 Å². The standard InChI is InChI=1S/C9H8.C3H8OSe/c1-2-6-9-7-4-3-5-8-9;1-3(4)2-5/h3-5,7-8H,1H3;3-5H,2H2,1H3. The van der Waals surface area contributed by atoms with Gasteiger partial charge in [-0.15, -0.1) is 5.92 Å². The first kappa shape index (κ1) is 13.3. The maximum atomic E-state index is 8.35. The maximum absolute atomic E-state index is 8.35. The van der Waals surface area contributed by atoms with E-state index < -0.39 is 0 Å². The number of benzene rings is 1. The van der Waals surface area contributed by atoms with Gasteiger partial charge in [-0.2, -0.15) is 0 Å². The van der Waals surface area contributed by atoms with Gasteiger partial charge in [0, 0.05) is 5.56 Å².